The van der Waals surface area contributed by atoms with Crippen molar-refractivity contribution in [3.8, 4) is 0 Å². The summed E-state index contributed by atoms with van der Waals surface area (Å²) in [6.45, 7) is 2.86. The van der Waals surface area contributed by atoms with Crippen molar-refractivity contribution in [2.75, 3.05) is 5.32 Å². The summed E-state index contributed by atoms with van der Waals surface area (Å²) >= 11 is 10.8. The molecule has 5 heteroatoms. The molecule has 2 nitrogen and oxygen atoms in total. The lowest BCUT2D eigenvalue weighted by atomic mass is 10.1. The van der Waals surface area contributed by atoms with Crippen molar-refractivity contribution in [3.63, 3.8) is 0 Å². The first-order valence-electron chi connectivity index (χ1n) is 5.31. The molecule has 0 spiro atoms. The van der Waals surface area contributed by atoms with Gasteiger partial charge >= 0.3 is 0 Å². The van der Waals surface area contributed by atoms with E-state index in [1.807, 2.05) is 6.07 Å². The quantitative estimate of drug-likeness (QED) is 0.875. The monoisotopic (exact) mass is 330 g/mol. The van der Waals surface area contributed by atoms with Gasteiger partial charge in [-0.1, -0.05) is 34.5 Å². The van der Waals surface area contributed by atoms with Crippen LogP contribution < -0.4 is 5.32 Å². The summed E-state index contributed by atoms with van der Waals surface area (Å²) in [5.74, 6) is 0. The summed E-state index contributed by atoms with van der Waals surface area (Å²) in [6, 6.07) is 6.26. The normalized spacial score (nSPS) is 10.5. The first-order chi connectivity index (χ1) is 8.19. The smallest absolute Gasteiger partial charge is 0.113 e. The Morgan fingerprint density at radius 3 is 2.94 bits per heavy atom. The van der Waals surface area contributed by atoms with Crippen molar-refractivity contribution in [1.29, 1.82) is 0 Å². The third-order valence-corrected chi connectivity index (χ3v) is 4.01. The fourth-order valence-electron chi connectivity index (χ4n) is 1.57. The number of thiazole rings is 1. The van der Waals surface area contributed by atoms with Crippen LogP contribution in [0.15, 0.2) is 28.9 Å². The maximum atomic E-state index is 5.84. The maximum Gasteiger partial charge on any atom is 0.113 e. The number of hydrogen-bond acceptors (Lipinski definition) is 3. The molecule has 0 aliphatic rings. The van der Waals surface area contributed by atoms with E-state index in [2.05, 4.69) is 45.3 Å². The minimum absolute atomic E-state index is 0.714. The second-order valence-electron chi connectivity index (χ2n) is 3.57. The van der Waals surface area contributed by atoms with E-state index in [0.717, 1.165) is 25.9 Å². The highest BCUT2D eigenvalue weighted by atomic mass is 79.9. The average Bonchev–Trinajstić information content (AvgIpc) is 2.73. The van der Waals surface area contributed by atoms with Gasteiger partial charge in [-0.2, -0.15) is 0 Å². The molecule has 0 radical (unpaired) electrons. The molecule has 90 valence electrons. The number of nitrogens with one attached hydrogen (secondary N) is 1. The molecular weight excluding hydrogens is 320 g/mol. The predicted octanol–water partition coefficient (Wildman–Crippen LogP) is 4.73. The van der Waals surface area contributed by atoms with Crippen LogP contribution in [-0.4, -0.2) is 4.98 Å². The predicted molar refractivity (Wildman–Crippen MR) is 78.0 cm³/mol. The van der Waals surface area contributed by atoms with Gasteiger partial charge in [-0.25, -0.2) is 4.98 Å². The molecule has 0 fully saturated rings. The Morgan fingerprint density at radius 2 is 2.29 bits per heavy atom. The molecule has 17 heavy (non-hydrogen) atoms. The number of hydrogen-bond donors (Lipinski definition) is 1. The topological polar surface area (TPSA) is 24.9 Å². The van der Waals surface area contributed by atoms with Gasteiger partial charge in [0.25, 0.3) is 0 Å². The van der Waals surface area contributed by atoms with Crippen molar-refractivity contribution in [3.05, 3.63) is 43.8 Å². The van der Waals surface area contributed by atoms with Gasteiger partial charge in [0, 0.05) is 10.2 Å². The highest BCUT2D eigenvalue weighted by Crippen LogP contribution is 2.23. The van der Waals surface area contributed by atoms with Gasteiger partial charge in [-0.15, -0.1) is 11.3 Å². The first kappa shape index (κ1) is 12.9. The van der Waals surface area contributed by atoms with Crippen LogP contribution in [0.5, 0.6) is 0 Å². The van der Waals surface area contributed by atoms with Crippen LogP contribution in [0.2, 0.25) is 4.34 Å². The minimum atomic E-state index is 0.714. The number of aromatic nitrogens is 1. The van der Waals surface area contributed by atoms with Gasteiger partial charge in [0.1, 0.15) is 9.34 Å². The summed E-state index contributed by atoms with van der Waals surface area (Å²) in [7, 11) is 0. The molecule has 1 aromatic carbocycles. The van der Waals surface area contributed by atoms with E-state index in [0.29, 0.717) is 6.54 Å². The lowest BCUT2D eigenvalue weighted by molar-refractivity contribution is 1.07. The molecule has 0 aliphatic carbocycles. The second-order valence-corrected chi connectivity index (χ2v) is 6.23. The van der Waals surface area contributed by atoms with Gasteiger partial charge in [-0.3, -0.25) is 0 Å². The molecule has 0 atom stereocenters. The summed E-state index contributed by atoms with van der Waals surface area (Å²) in [5, 5.41) is 4.39. The maximum absolute atomic E-state index is 5.84. The van der Waals surface area contributed by atoms with Crippen LogP contribution >= 0.6 is 38.9 Å². The lowest BCUT2D eigenvalue weighted by Gasteiger charge is -2.10. The van der Waals surface area contributed by atoms with Crippen LogP contribution in [0, 0.1) is 0 Å². The van der Waals surface area contributed by atoms with Gasteiger partial charge in [0.15, 0.2) is 0 Å². The zero-order chi connectivity index (χ0) is 12.3. The molecule has 2 rings (SSSR count). The molecule has 0 aliphatic heterocycles. The van der Waals surface area contributed by atoms with Crippen LogP contribution in [0.25, 0.3) is 0 Å². The molecule has 1 aromatic heterocycles. The van der Waals surface area contributed by atoms with Crippen LogP contribution in [-0.2, 0) is 13.0 Å². The fraction of sp³-hybridized carbons (Fsp3) is 0.250. The van der Waals surface area contributed by atoms with Crippen molar-refractivity contribution in [1.82, 2.24) is 4.98 Å². The van der Waals surface area contributed by atoms with Crippen molar-refractivity contribution >= 4 is 44.6 Å². The summed E-state index contributed by atoms with van der Waals surface area (Å²) in [5.41, 5.74) is 2.45. The van der Waals surface area contributed by atoms with Crippen molar-refractivity contribution < 1.29 is 0 Å². The molecule has 0 amide bonds. The van der Waals surface area contributed by atoms with Gasteiger partial charge in [-0.05, 0) is 30.2 Å². The standard InChI is InChI=1S/C12H12BrClN2S/c1-2-8-5-9(13)3-4-10(8)15-7-12-16-6-11(14)17-12/h3-6,15H,2,7H2,1H3. The molecule has 1 heterocycles. The number of anilines is 1. The van der Waals surface area contributed by atoms with E-state index >= 15 is 0 Å². The van der Waals surface area contributed by atoms with E-state index in [-0.39, 0.29) is 0 Å². The summed E-state index contributed by atoms with van der Waals surface area (Å²) in [6.07, 6.45) is 2.69. The Morgan fingerprint density at radius 1 is 1.47 bits per heavy atom. The number of rotatable bonds is 4. The molecular formula is C12H12BrClN2S. The SMILES string of the molecule is CCc1cc(Br)ccc1NCc1ncc(Cl)s1. The zero-order valence-electron chi connectivity index (χ0n) is 9.34. The van der Waals surface area contributed by atoms with E-state index in [9.17, 15) is 0 Å². The molecule has 0 bridgehead atoms. The zero-order valence-corrected chi connectivity index (χ0v) is 12.5. The Labute approximate surface area is 118 Å². The lowest BCUT2D eigenvalue weighted by Crippen LogP contribution is -2.01. The van der Waals surface area contributed by atoms with E-state index in [4.69, 9.17) is 11.6 Å². The van der Waals surface area contributed by atoms with Gasteiger partial charge in [0.2, 0.25) is 0 Å². The summed E-state index contributed by atoms with van der Waals surface area (Å²) in [4.78, 5) is 4.22. The molecule has 0 unspecified atom stereocenters. The molecule has 0 saturated carbocycles. The van der Waals surface area contributed by atoms with E-state index < -0.39 is 0 Å². The highest BCUT2D eigenvalue weighted by Gasteiger charge is 2.03. The van der Waals surface area contributed by atoms with Crippen molar-refractivity contribution in [2.24, 2.45) is 0 Å². The number of aryl methyl sites for hydroxylation is 1. The summed E-state index contributed by atoms with van der Waals surface area (Å²) < 4.78 is 1.84. The fourth-order valence-corrected chi connectivity index (χ4v) is 2.87. The Balaban J connectivity index is 2.08. The Kier molecular flexibility index (Phi) is 4.42. The third kappa shape index (κ3) is 3.44. The van der Waals surface area contributed by atoms with Crippen LogP contribution in [0.3, 0.4) is 0 Å². The highest BCUT2D eigenvalue weighted by molar-refractivity contribution is 9.10. The van der Waals surface area contributed by atoms with Crippen LogP contribution in [0.4, 0.5) is 5.69 Å². The molecule has 2 aromatic rings. The van der Waals surface area contributed by atoms with E-state index in [1.54, 1.807) is 6.20 Å². The van der Waals surface area contributed by atoms with Crippen molar-refractivity contribution in [2.45, 2.75) is 19.9 Å². The largest absolute Gasteiger partial charge is 0.378 e. The molecule has 1 N–H and O–H groups in total. The minimum Gasteiger partial charge on any atom is -0.378 e. The average molecular weight is 332 g/mol. The Hall–Kier alpha value is -0.580. The number of halogens is 2. The van der Waals surface area contributed by atoms with E-state index in [1.165, 1.54) is 16.9 Å². The van der Waals surface area contributed by atoms with Crippen LogP contribution in [0.1, 0.15) is 17.5 Å². The first-order valence-corrected chi connectivity index (χ1v) is 7.30. The number of nitrogens with zero attached hydrogens (tertiary/aromatic N) is 1. The third-order valence-electron chi connectivity index (χ3n) is 2.40. The second kappa shape index (κ2) is 5.85. The molecule has 0 saturated heterocycles. The number of benzene rings is 1. The Bertz CT molecular complexity index is 513. The van der Waals surface area contributed by atoms with Gasteiger partial charge < -0.3 is 5.32 Å². The van der Waals surface area contributed by atoms with Gasteiger partial charge in [0.05, 0.1) is 12.7 Å².